The molecule has 0 bridgehead atoms. The first kappa shape index (κ1) is 12.0. The number of aromatic amines is 2. The van der Waals surface area contributed by atoms with Crippen LogP contribution in [0, 0.1) is 0 Å². The zero-order valence-electron chi connectivity index (χ0n) is 10.3. The van der Waals surface area contributed by atoms with E-state index in [4.69, 9.17) is 8.83 Å². The molecule has 0 fully saturated rings. The average Bonchev–Trinajstić information content (AvgIpc) is 3.08. The van der Waals surface area contributed by atoms with Gasteiger partial charge in [0.25, 0.3) is 11.1 Å². The van der Waals surface area contributed by atoms with Crippen molar-refractivity contribution in [2.45, 2.75) is 0 Å². The maximum Gasteiger partial charge on any atom is 0.272 e. The molecule has 3 rings (SSSR count). The molecular formula is C14H10N2O4. The lowest BCUT2D eigenvalue weighted by Gasteiger charge is -1.90. The predicted molar refractivity (Wildman–Crippen MR) is 71.5 cm³/mol. The number of hydrogen-bond donors (Lipinski definition) is 2. The highest BCUT2D eigenvalue weighted by Crippen LogP contribution is 1.99. The molecule has 0 aromatic carbocycles. The van der Waals surface area contributed by atoms with E-state index in [1.807, 2.05) is 0 Å². The van der Waals surface area contributed by atoms with Gasteiger partial charge in [0.05, 0.1) is 12.5 Å². The van der Waals surface area contributed by atoms with Crippen LogP contribution < -0.4 is 21.8 Å². The first-order chi connectivity index (χ1) is 9.72. The lowest BCUT2D eigenvalue weighted by molar-refractivity contribution is 0.555. The highest BCUT2D eigenvalue weighted by molar-refractivity contribution is 5.42. The Hall–Kier alpha value is -3.02. The van der Waals surface area contributed by atoms with E-state index in [9.17, 15) is 9.59 Å². The molecule has 6 heteroatoms. The van der Waals surface area contributed by atoms with Gasteiger partial charge in [-0.3, -0.25) is 9.59 Å². The Morgan fingerprint density at radius 1 is 0.800 bits per heavy atom. The molecule has 0 unspecified atom stereocenters. The fourth-order valence-corrected chi connectivity index (χ4v) is 1.73. The van der Waals surface area contributed by atoms with Gasteiger partial charge in [-0.15, -0.1) is 0 Å². The van der Waals surface area contributed by atoms with Crippen molar-refractivity contribution in [2.75, 3.05) is 0 Å². The van der Waals surface area contributed by atoms with Crippen LogP contribution in [0.3, 0.4) is 0 Å². The SMILES string of the molecule is O=c1[nH]c(=Cc2ccco2)c(=O)[nH]c1=Cc1ccco1. The van der Waals surface area contributed by atoms with Crippen molar-refractivity contribution in [1.29, 1.82) is 0 Å². The van der Waals surface area contributed by atoms with Gasteiger partial charge in [0.2, 0.25) is 0 Å². The quantitative estimate of drug-likeness (QED) is 0.680. The third kappa shape index (κ3) is 2.39. The summed E-state index contributed by atoms with van der Waals surface area (Å²) in [5, 5.41) is 0.253. The van der Waals surface area contributed by atoms with E-state index < -0.39 is 11.1 Å². The molecule has 0 atom stereocenters. The van der Waals surface area contributed by atoms with Crippen molar-refractivity contribution in [2.24, 2.45) is 0 Å². The maximum atomic E-state index is 11.9. The topological polar surface area (TPSA) is 92.0 Å². The smallest absolute Gasteiger partial charge is 0.272 e. The van der Waals surface area contributed by atoms with Gasteiger partial charge in [0.1, 0.15) is 22.2 Å². The molecule has 0 spiro atoms. The molecule has 100 valence electrons. The van der Waals surface area contributed by atoms with Crippen LogP contribution in [0.2, 0.25) is 0 Å². The van der Waals surface area contributed by atoms with Crippen LogP contribution in [0.5, 0.6) is 0 Å². The third-order valence-electron chi connectivity index (χ3n) is 2.65. The van der Waals surface area contributed by atoms with Crippen LogP contribution in [-0.4, -0.2) is 9.97 Å². The van der Waals surface area contributed by atoms with E-state index in [-0.39, 0.29) is 10.7 Å². The maximum absolute atomic E-state index is 11.9. The Bertz CT molecular complexity index is 848. The minimum Gasteiger partial charge on any atom is -0.465 e. The van der Waals surface area contributed by atoms with Gasteiger partial charge in [-0.05, 0) is 24.3 Å². The van der Waals surface area contributed by atoms with Crippen LogP contribution in [-0.2, 0) is 0 Å². The van der Waals surface area contributed by atoms with Crippen LogP contribution >= 0.6 is 0 Å². The normalized spacial score (nSPS) is 13.0. The summed E-state index contributed by atoms with van der Waals surface area (Å²) in [5.41, 5.74) is -0.836. The van der Waals surface area contributed by atoms with Crippen LogP contribution in [0.25, 0.3) is 12.2 Å². The zero-order chi connectivity index (χ0) is 13.9. The minimum atomic E-state index is -0.418. The van der Waals surface area contributed by atoms with Gasteiger partial charge in [-0.25, -0.2) is 0 Å². The van der Waals surface area contributed by atoms with E-state index in [0.717, 1.165) is 0 Å². The number of aromatic nitrogens is 2. The Balaban J connectivity index is 2.18. The molecule has 0 aliphatic heterocycles. The molecule has 3 aromatic rings. The summed E-state index contributed by atoms with van der Waals surface area (Å²) >= 11 is 0. The van der Waals surface area contributed by atoms with Crippen molar-refractivity contribution in [1.82, 2.24) is 9.97 Å². The van der Waals surface area contributed by atoms with Crippen LogP contribution in [0.4, 0.5) is 0 Å². The summed E-state index contributed by atoms with van der Waals surface area (Å²) in [4.78, 5) is 28.8. The Morgan fingerprint density at radius 3 is 1.60 bits per heavy atom. The highest BCUT2D eigenvalue weighted by atomic mass is 16.3. The van der Waals surface area contributed by atoms with Gasteiger partial charge in [-0.2, -0.15) is 0 Å². The summed E-state index contributed by atoms with van der Waals surface area (Å²) in [7, 11) is 0. The summed E-state index contributed by atoms with van der Waals surface area (Å²) in [6.45, 7) is 0. The fourth-order valence-electron chi connectivity index (χ4n) is 1.73. The Labute approximate surface area is 111 Å². The Kier molecular flexibility index (Phi) is 2.96. The second kappa shape index (κ2) is 4.93. The first-order valence-electron chi connectivity index (χ1n) is 5.85. The molecular weight excluding hydrogens is 260 g/mol. The number of nitrogens with one attached hydrogen (secondary N) is 2. The summed E-state index contributed by atoms with van der Waals surface area (Å²) in [6.07, 6.45) is 5.88. The lowest BCUT2D eigenvalue weighted by Crippen LogP contribution is -2.46. The van der Waals surface area contributed by atoms with Crippen molar-refractivity contribution in [3.8, 4) is 0 Å². The molecule has 0 aliphatic carbocycles. The van der Waals surface area contributed by atoms with Gasteiger partial charge in [0, 0.05) is 12.2 Å². The third-order valence-corrected chi connectivity index (χ3v) is 2.65. The summed E-state index contributed by atoms with van der Waals surface area (Å²) < 4.78 is 10.2. The van der Waals surface area contributed by atoms with Gasteiger partial charge in [0.15, 0.2) is 0 Å². The number of furan rings is 2. The molecule has 0 saturated heterocycles. The van der Waals surface area contributed by atoms with E-state index in [1.54, 1.807) is 24.3 Å². The van der Waals surface area contributed by atoms with Crippen molar-refractivity contribution in [3.63, 3.8) is 0 Å². The van der Waals surface area contributed by atoms with E-state index in [2.05, 4.69) is 9.97 Å². The molecule has 2 N–H and O–H groups in total. The zero-order valence-corrected chi connectivity index (χ0v) is 10.3. The second-order valence-electron chi connectivity index (χ2n) is 4.06. The molecule has 0 radical (unpaired) electrons. The first-order valence-corrected chi connectivity index (χ1v) is 5.85. The van der Waals surface area contributed by atoms with E-state index in [1.165, 1.54) is 24.7 Å². The van der Waals surface area contributed by atoms with Crippen LogP contribution in [0.15, 0.2) is 55.2 Å². The largest absolute Gasteiger partial charge is 0.465 e. The summed E-state index contributed by atoms with van der Waals surface area (Å²) in [6, 6.07) is 6.75. The standard InChI is InChI=1S/C14H10N2O4/c17-13-11(7-9-3-1-5-19-9)15-14(18)12(16-13)8-10-4-2-6-20-10/h1-8H,(H,15,18)(H,16,17). The lowest BCUT2D eigenvalue weighted by atomic mass is 10.4. The van der Waals surface area contributed by atoms with E-state index >= 15 is 0 Å². The molecule has 3 heterocycles. The highest BCUT2D eigenvalue weighted by Gasteiger charge is 1.98. The predicted octanol–water partition coefficient (Wildman–Crippen LogP) is -0.0932. The van der Waals surface area contributed by atoms with Gasteiger partial charge in [-0.1, -0.05) is 0 Å². The number of rotatable bonds is 2. The van der Waals surface area contributed by atoms with Crippen molar-refractivity contribution < 1.29 is 8.83 Å². The fraction of sp³-hybridized carbons (Fsp3) is 0. The molecule has 3 aromatic heterocycles. The number of H-pyrrole nitrogens is 2. The minimum absolute atomic E-state index is 0.126. The monoisotopic (exact) mass is 270 g/mol. The average molecular weight is 270 g/mol. The molecule has 20 heavy (non-hydrogen) atoms. The van der Waals surface area contributed by atoms with Gasteiger partial charge >= 0.3 is 0 Å². The molecule has 0 saturated carbocycles. The molecule has 6 nitrogen and oxygen atoms in total. The second-order valence-corrected chi connectivity index (χ2v) is 4.06. The van der Waals surface area contributed by atoms with Gasteiger partial charge < -0.3 is 18.8 Å². The summed E-state index contributed by atoms with van der Waals surface area (Å²) in [5.74, 6) is 0.961. The van der Waals surface area contributed by atoms with Crippen LogP contribution in [0.1, 0.15) is 11.5 Å². The Morgan fingerprint density at radius 2 is 1.25 bits per heavy atom. The van der Waals surface area contributed by atoms with Crippen molar-refractivity contribution >= 4 is 12.2 Å². The van der Waals surface area contributed by atoms with E-state index in [0.29, 0.717) is 11.5 Å². The number of hydrogen-bond acceptors (Lipinski definition) is 4. The van der Waals surface area contributed by atoms with Crippen molar-refractivity contribution in [3.05, 3.63) is 79.7 Å². The molecule has 0 amide bonds. The molecule has 0 aliphatic rings.